The summed E-state index contributed by atoms with van der Waals surface area (Å²) in [6.45, 7) is 0. The maximum Gasteiger partial charge on any atom is 0.263 e. The van der Waals surface area contributed by atoms with Crippen molar-refractivity contribution in [1.29, 1.82) is 0 Å². The summed E-state index contributed by atoms with van der Waals surface area (Å²) in [7, 11) is -2.41. The topological polar surface area (TPSA) is 93.8 Å². The van der Waals surface area contributed by atoms with Crippen molar-refractivity contribution in [3.05, 3.63) is 82.9 Å². The third-order valence-corrected chi connectivity index (χ3v) is 7.33. The van der Waals surface area contributed by atoms with E-state index in [2.05, 4.69) is 9.82 Å². The molecule has 0 radical (unpaired) electrons. The number of rotatable bonds is 9. The number of hydrogen-bond donors (Lipinski definition) is 2. The SMILES string of the molecule is COc1ccc(Cl)c(S(=O)(=O)Nc2ccccc2SCCc2ccc(/C=N\N)cc2)c1. The van der Waals surface area contributed by atoms with E-state index in [1.807, 2.05) is 36.4 Å². The van der Waals surface area contributed by atoms with Gasteiger partial charge < -0.3 is 10.6 Å². The van der Waals surface area contributed by atoms with E-state index in [9.17, 15) is 8.42 Å². The van der Waals surface area contributed by atoms with Crippen LogP contribution in [-0.4, -0.2) is 27.5 Å². The number of nitrogens with two attached hydrogens (primary N) is 1. The monoisotopic (exact) mass is 475 g/mol. The van der Waals surface area contributed by atoms with Crippen molar-refractivity contribution in [2.75, 3.05) is 17.6 Å². The number of aryl methyl sites for hydroxylation is 1. The highest BCUT2D eigenvalue weighted by molar-refractivity contribution is 7.99. The molecule has 0 heterocycles. The van der Waals surface area contributed by atoms with Crippen LogP contribution in [0, 0.1) is 0 Å². The number of anilines is 1. The van der Waals surface area contributed by atoms with Crippen LogP contribution in [0.2, 0.25) is 5.02 Å². The van der Waals surface area contributed by atoms with E-state index in [1.54, 1.807) is 36.2 Å². The van der Waals surface area contributed by atoms with Crippen molar-refractivity contribution < 1.29 is 13.2 Å². The summed E-state index contributed by atoms with van der Waals surface area (Å²) in [5.74, 6) is 6.36. The number of para-hydroxylation sites is 1. The minimum atomic E-state index is -3.88. The number of sulfonamides is 1. The van der Waals surface area contributed by atoms with Crippen LogP contribution in [0.4, 0.5) is 5.69 Å². The summed E-state index contributed by atoms with van der Waals surface area (Å²) in [4.78, 5) is 0.798. The molecule has 0 saturated carbocycles. The number of hydrogen-bond acceptors (Lipinski definition) is 6. The summed E-state index contributed by atoms with van der Waals surface area (Å²) < 4.78 is 33.7. The Morgan fingerprint density at radius 1 is 1.13 bits per heavy atom. The number of benzene rings is 3. The lowest BCUT2D eigenvalue weighted by Gasteiger charge is -2.14. The fourth-order valence-corrected chi connectivity index (χ4v) is 5.50. The molecule has 0 bridgehead atoms. The number of nitrogens with one attached hydrogen (secondary N) is 1. The molecule has 0 spiro atoms. The first-order valence-corrected chi connectivity index (χ1v) is 12.2. The Hall–Kier alpha value is -2.68. The second-order valence-electron chi connectivity index (χ2n) is 6.52. The van der Waals surface area contributed by atoms with E-state index < -0.39 is 10.0 Å². The van der Waals surface area contributed by atoms with Crippen LogP contribution in [0.25, 0.3) is 0 Å². The Labute approximate surface area is 191 Å². The van der Waals surface area contributed by atoms with Gasteiger partial charge >= 0.3 is 0 Å². The molecule has 0 aliphatic rings. The maximum atomic E-state index is 12.9. The van der Waals surface area contributed by atoms with Crippen molar-refractivity contribution in [3.8, 4) is 5.75 Å². The van der Waals surface area contributed by atoms with Crippen molar-refractivity contribution in [1.82, 2.24) is 0 Å². The highest BCUT2D eigenvalue weighted by atomic mass is 35.5. The molecule has 31 heavy (non-hydrogen) atoms. The molecule has 0 saturated heterocycles. The Balaban J connectivity index is 1.71. The van der Waals surface area contributed by atoms with Crippen LogP contribution in [-0.2, 0) is 16.4 Å². The normalized spacial score (nSPS) is 11.5. The van der Waals surface area contributed by atoms with E-state index in [-0.39, 0.29) is 9.92 Å². The Kier molecular flexibility index (Phi) is 7.84. The average Bonchev–Trinajstić information content (AvgIpc) is 2.76. The molecular weight excluding hydrogens is 454 g/mol. The molecule has 162 valence electrons. The van der Waals surface area contributed by atoms with Gasteiger partial charge in [0.15, 0.2) is 0 Å². The summed E-state index contributed by atoms with van der Waals surface area (Å²) in [5.41, 5.74) is 2.61. The summed E-state index contributed by atoms with van der Waals surface area (Å²) >= 11 is 7.70. The molecule has 3 rings (SSSR count). The number of hydrazone groups is 1. The average molecular weight is 476 g/mol. The molecule has 0 unspecified atom stereocenters. The van der Waals surface area contributed by atoms with Gasteiger partial charge in [0.25, 0.3) is 10.0 Å². The van der Waals surface area contributed by atoms with Gasteiger partial charge in [-0.1, -0.05) is 48.0 Å². The lowest BCUT2D eigenvalue weighted by molar-refractivity contribution is 0.413. The predicted octanol–water partition coefficient (Wildman–Crippen LogP) is 4.78. The smallest absolute Gasteiger partial charge is 0.263 e. The standard InChI is InChI=1S/C22H22ClN3O3S2/c1-29-18-10-11-19(23)22(14-18)31(27,28)26-20-4-2-3-5-21(20)30-13-12-16-6-8-17(9-7-16)15-25-24/h2-11,14-15,26H,12-13,24H2,1H3/b25-15-. The van der Waals surface area contributed by atoms with Gasteiger partial charge in [-0.05, 0) is 41.8 Å². The zero-order chi connectivity index (χ0) is 22.3. The van der Waals surface area contributed by atoms with Crippen molar-refractivity contribution in [2.24, 2.45) is 10.9 Å². The second-order valence-corrected chi connectivity index (χ2v) is 9.71. The predicted molar refractivity (Wildman–Crippen MR) is 128 cm³/mol. The van der Waals surface area contributed by atoms with Crippen LogP contribution in [0.5, 0.6) is 5.75 Å². The third-order valence-electron chi connectivity index (χ3n) is 4.41. The summed E-state index contributed by atoms with van der Waals surface area (Å²) in [5, 5.41) is 3.64. The molecule has 0 aliphatic carbocycles. The van der Waals surface area contributed by atoms with E-state index >= 15 is 0 Å². The number of methoxy groups -OCH3 is 1. The minimum absolute atomic E-state index is 0.0329. The Morgan fingerprint density at radius 2 is 1.87 bits per heavy atom. The van der Waals surface area contributed by atoms with Crippen LogP contribution >= 0.6 is 23.4 Å². The Morgan fingerprint density at radius 3 is 2.58 bits per heavy atom. The molecule has 6 nitrogen and oxygen atoms in total. The molecule has 3 aromatic rings. The Bertz CT molecular complexity index is 1170. The van der Waals surface area contributed by atoms with Gasteiger partial charge in [-0.2, -0.15) is 5.10 Å². The zero-order valence-electron chi connectivity index (χ0n) is 16.8. The first-order chi connectivity index (χ1) is 14.9. The molecular formula is C22H22ClN3O3S2. The highest BCUT2D eigenvalue weighted by Gasteiger charge is 2.20. The van der Waals surface area contributed by atoms with E-state index in [0.29, 0.717) is 11.4 Å². The maximum absolute atomic E-state index is 12.9. The molecule has 9 heteroatoms. The first kappa shape index (κ1) is 23.0. The van der Waals surface area contributed by atoms with Crippen LogP contribution in [0.15, 0.2) is 81.6 Å². The molecule has 0 fully saturated rings. The molecule has 0 aromatic heterocycles. The van der Waals surface area contributed by atoms with Gasteiger partial charge in [0.1, 0.15) is 10.6 Å². The van der Waals surface area contributed by atoms with Gasteiger partial charge in [-0.15, -0.1) is 11.8 Å². The fourth-order valence-electron chi connectivity index (χ4n) is 2.83. The fraction of sp³-hybridized carbons (Fsp3) is 0.136. The molecule has 0 aliphatic heterocycles. The quantitative estimate of drug-likeness (QED) is 0.201. The molecule has 0 atom stereocenters. The number of ether oxygens (including phenoxy) is 1. The van der Waals surface area contributed by atoms with Crippen LogP contribution < -0.4 is 15.3 Å². The third kappa shape index (κ3) is 6.16. The van der Waals surface area contributed by atoms with Crippen molar-refractivity contribution >= 4 is 45.3 Å². The van der Waals surface area contributed by atoms with Gasteiger partial charge in [0.2, 0.25) is 0 Å². The van der Waals surface area contributed by atoms with Crippen LogP contribution in [0.1, 0.15) is 11.1 Å². The number of thioether (sulfide) groups is 1. The summed E-state index contributed by atoms with van der Waals surface area (Å²) in [6.07, 6.45) is 2.42. The van der Waals surface area contributed by atoms with Crippen molar-refractivity contribution in [3.63, 3.8) is 0 Å². The number of halogens is 1. The van der Waals surface area contributed by atoms with Crippen molar-refractivity contribution in [2.45, 2.75) is 16.2 Å². The van der Waals surface area contributed by atoms with Gasteiger partial charge in [-0.25, -0.2) is 8.42 Å². The van der Waals surface area contributed by atoms with Gasteiger partial charge in [-0.3, -0.25) is 4.72 Å². The van der Waals surface area contributed by atoms with Crippen LogP contribution in [0.3, 0.4) is 0 Å². The van der Waals surface area contributed by atoms with E-state index in [1.165, 1.54) is 24.8 Å². The molecule has 0 amide bonds. The zero-order valence-corrected chi connectivity index (χ0v) is 19.2. The molecule has 3 aromatic carbocycles. The minimum Gasteiger partial charge on any atom is -0.497 e. The highest BCUT2D eigenvalue weighted by Crippen LogP contribution is 2.32. The number of nitrogens with zero attached hydrogens (tertiary/aromatic N) is 1. The van der Waals surface area contributed by atoms with Gasteiger partial charge in [0, 0.05) is 16.7 Å². The van der Waals surface area contributed by atoms with E-state index in [4.69, 9.17) is 22.2 Å². The summed E-state index contributed by atoms with van der Waals surface area (Å²) in [6, 6.07) is 19.7. The largest absolute Gasteiger partial charge is 0.497 e. The lowest BCUT2D eigenvalue weighted by atomic mass is 10.1. The van der Waals surface area contributed by atoms with E-state index in [0.717, 1.165) is 22.6 Å². The lowest BCUT2D eigenvalue weighted by Crippen LogP contribution is -2.14. The van der Waals surface area contributed by atoms with Gasteiger partial charge in [0.05, 0.1) is 24.0 Å². The second kappa shape index (κ2) is 10.6. The molecule has 3 N–H and O–H groups in total. The first-order valence-electron chi connectivity index (χ1n) is 9.33.